The molecule has 2 aromatic carbocycles. The molecule has 4 heterocycles. The number of imidazole rings is 1. The molecule has 0 radical (unpaired) electrons. The summed E-state index contributed by atoms with van der Waals surface area (Å²) in [4.78, 5) is 42.5. The van der Waals surface area contributed by atoms with Gasteiger partial charge in [-0.1, -0.05) is 0 Å². The Labute approximate surface area is 270 Å². The molecule has 14 heteroatoms. The van der Waals surface area contributed by atoms with Gasteiger partial charge in [0.05, 0.1) is 23.9 Å². The van der Waals surface area contributed by atoms with Gasteiger partial charge in [-0.15, -0.1) is 0 Å². The summed E-state index contributed by atoms with van der Waals surface area (Å²) in [5.74, 6) is -2.57. The Balaban J connectivity index is 1.14. The number of aliphatic imine (C=N–C) groups is 1. The number of amides is 2. The summed E-state index contributed by atoms with van der Waals surface area (Å²) < 4.78 is 36.8. The van der Waals surface area contributed by atoms with Crippen LogP contribution in [0.4, 0.5) is 20.3 Å². The van der Waals surface area contributed by atoms with E-state index in [-0.39, 0.29) is 29.7 Å². The van der Waals surface area contributed by atoms with E-state index in [1.807, 2.05) is 13.0 Å². The Kier molecular flexibility index (Phi) is 9.41. The van der Waals surface area contributed by atoms with E-state index in [0.717, 1.165) is 5.56 Å². The summed E-state index contributed by atoms with van der Waals surface area (Å²) in [5, 5.41) is 16.6. The lowest BCUT2D eigenvalue weighted by Gasteiger charge is -2.38. The number of ether oxygens (including phenoxy) is 1. The first-order chi connectivity index (χ1) is 22.8. The first-order valence-corrected chi connectivity index (χ1v) is 15.4. The van der Waals surface area contributed by atoms with Crippen LogP contribution in [0.15, 0.2) is 53.9 Å². The number of carbonyl (C=O) groups excluding carboxylic acids is 2. The minimum atomic E-state index is -1.10. The second kappa shape index (κ2) is 13.8. The van der Waals surface area contributed by atoms with Crippen molar-refractivity contribution in [2.24, 2.45) is 10.9 Å². The molecule has 2 saturated heterocycles. The van der Waals surface area contributed by atoms with Gasteiger partial charge in [0.1, 0.15) is 6.61 Å². The summed E-state index contributed by atoms with van der Waals surface area (Å²) >= 11 is 0. The van der Waals surface area contributed by atoms with Crippen LogP contribution < -0.4 is 15.4 Å². The summed E-state index contributed by atoms with van der Waals surface area (Å²) in [6.07, 6.45) is 5.93. The first-order valence-electron chi connectivity index (χ1n) is 15.4. The normalized spacial score (nSPS) is 18.6. The molecule has 0 bridgehead atoms. The zero-order valence-electron chi connectivity index (χ0n) is 26.1. The number of nitrogens with zero attached hydrogens (tertiary/aromatic N) is 6. The van der Waals surface area contributed by atoms with Crippen LogP contribution in [0.25, 0.3) is 16.9 Å². The number of aliphatic hydroxyl groups is 1. The van der Waals surface area contributed by atoms with E-state index in [9.17, 15) is 19.1 Å². The predicted molar refractivity (Wildman–Crippen MR) is 172 cm³/mol. The number of rotatable bonds is 8. The largest absolute Gasteiger partial charge is 0.485 e. The molecule has 2 amide bonds. The third-order valence-corrected chi connectivity index (χ3v) is 8.61. The van der Waals surface area contributed by atoms with E-state index in [1.54, 1.807) is 39.6 Å². The second-order valence-corrected chi connectivity index (χ2v) is 11.5. The van der Waals surface area contributed by atoms with Crippen LogP contribution in [0, 0.1) is 24.5 Å². The Hall–Kier alpha value is -4.95. The number of piperidine rings is 1. The molecule has 3 N–H and O–H groups in total. The van der Waals surface area contributed by atoms with Crippen molar-refractivity contribution < 1.29 is 28.2 Å². The molecule has 2 aromatic heterocycles. The number of halogens is 2. The van der Waals surface area contributed by atoms with E-state index in [2.05, 4.69) is 25.6 Å². The number of piperazine rings is 1. The van der Waals surface area contributed by atoms with Crippen LogP contribution in [0.3, 0.4) is 0 Å². The fraction of sp³-hybridized carbons (Fsp3) is 0.364. The summed E-state index contributed by atoms with van der Waals surface area (Å²) in [7, 11) is 1.56. The Morgan fingerprint density at radius 1 is 1.13 bits per heavy atom. The number of benzene rings is 2. The van der Waals surface area contributed by atoms with Crippen molar-refractivity contribution in [3.63, 3.8) is 0 Å². The number of aryl methyl sites for hydroxylation is 1. The highest BCUT2D eigenvalue weighted by Crippen LogP contribution is 2.32. The van der Waals surface area contributed by atoms with E-state index < -0.39 is 23.7 Å². The Morgan fingerprint density at radius 2 is 1.91 bits per heavy atom. The van der Waals surface area contributed by atoms with Crippen molar-refractivity contribution in [3.8, 4) is 17.0 Å². The molecule has 4 aromatic rings. The maximum Gasteiger partial charge on any atom is 0.254 e. The molecule has 0 unspecified atom stereocenters. The highest BCUT2D eigenvalue weighted by atomic mass is 19.2. The van der Waals surface area contributed by atoms with Gasteiger partial charge in [-0.2, -0.15) is 4.39 Å². The van der Waals surface area contributed by atoms with Gasteiger partial charge >= 0.3 is 0 Å². The number of aromatic nitrogens is 3. The highest BCUT2D eigenvalue weighted by molar-refractivity contribution is 5.96. The predicted octanol–water partition coefficient (Wildman–Crippen LogP) is 3.06. The topological polar surface area (TPSA) is 137 Å². The van der Waals surface area contributed by atoms with Crippen LogP contribution in [-0.4, -0.2) is 106 Å². The standard InChI is InChI=1S/C33H36F2N8O4/c1-20-17-21(3-4-22(20)32(45)41-12-14-42(15-13-41)33(46)24-7-8-37-19-26(24)44)40-30-31-39-18-25(43(31)11-9-38-30)23-5-6-27(29(35)28(23)34)47-16-10-36-2/h3-6,9-11,17-18,24,26,37,44H,7-8,12-16,19H2,1-2H3,(H,38,40)/t24-,26+/m0/s1. The van der Waals surface area contributed by atoms with Crippen molar-refractivity contribution in [1.29, 1.82) is 0 Å². The third kappa shape index (κ3) is 6.51. The van der Waals surface area contributed by atoms with E-state index in [1.165, 1.54) is 30.7 Å². The molecular formula is C33H36F2N8O4. The van der Waals surface area contributed by atoms with Crippen molar-refractivity contribution in [1.82, 2.24) is 29.5 Å². The van der Waals surface area contributed by atoms with Gasteiger partial charge in [0.2, 0.25) is 11.7 Å². The minimum Gasteiger partial charge on any atom is -0.485 e. The lowest BCUT2D eigenvalue weighted by atomic mass is 9.93. The quantitative estimate of drug-likeness (QED) is 0.249. The molecule has 0 saturated carbocycles. The highest BCUT2D eigenvalue weighted by Gasteiger charge is 2.34. The number of hydrogen-bond donors (Lipinski definition) is 3. The van der Waals surface area contributed by atoms with Gasteiger partial charge in [0.15, 0.2) is 23.0 Å². The minimum absolute atomic E-state index is 0.0106. The SMILES string of the molecule is CN=CCOc1ccc(-c2cnc3c(Nc4ccc(C(=O)N5CCN(C(=O)[C@H]6CCNC[C@H]6O)CC5)c(C)c4)nccn23)c(F)c1F. The van der Waals surface area contributed by atoms with E-state index in [4.69, 9.17) is 4.74 Å². The van der Waals surface area contributed by atoms with Gasteiger partial charge in [0.25, 0.3) is 5.91 Å². The summed E-state index contributed by atoms with van der Waals surface area (Å²) in [5.41, 5.74) is 2.69. The average Bonchev–Trinajstić information content (AvgIpc) is 3.51. The molecule has 2 atom stereocenters. The third-order valence-electron chi connectivity index (χ3n) is 8.61. The number of carbonyl (C=O) groups is 2. The van der Waals surface area contributed by atoms with Crippen LogP contribution in [0.2, 0.25) is 0 Å². The molecule has 2 fully saturated rings. The average molecular weight is 647 g/mol. The zero-order chi connectivity index (χ0) is 33.1. The first kappa shape index (κ1) is 32.0. The molecule has 47 heavy (non-hydrogen) atoms. The van der Waals surface area contributed by atoms with Crippen molar-refractivity contribution in [2.45, 2.75) is 19.4 Å². The molecule has 0 aliphatic carbocycles. The van der Waals surface area contributed by atoms with Crippen LogP contribution >= 0.6 is 0 Å². The fourth-order valence-electron chi connectivity index (χ4n) is 6.03. The fourth-order valence-corrected chi connectivity index (χ4v) is 6.03. The molecular weight excluding hydrogens is 610 g/mol. The van der Waals surface area contributed by atoms with E-state index >= 15 is 4.39 Å². The van der Waals surface area contributed by atoms with Gasteiger partial charge in [-0.25, -0.2) is 14.4 Å². The van der Waals surface area contributed by atoms with Crippen LogP contribution in [0.1, 0.15) is 22.3 Å². The lowest BCUT2D eigenvalue weighted by Crippen LogP contribution is -2.55. The van der Waals surface area contributed by atoms with Crippen molar-refractivity contribution >= 4 is 35.2 Å². The summed E-state index contributed by atoms with van der Waals surface area (Å²) in [6.45, 7) is 4.64. The van der Waals surface area contributed by atoms with Gasteiger partial charge in [-0.05, 0) is 55.8 Å². The number of nitrogens with one attached hydrogen (secondary N) is 2. The van der Waals surface area contributed by atoms with Crippen molar-refractivity contribution in [3.05, 3.63) is 71.7 Å². The number of fused-ring (bicyclic) bond motifs is 1. The number of anilines is 2. The Bertz CT molecular complexity index is 1820. The zero-order valence-corrected chi connectivity index (χ0v) is 26.1. The van der Waals surface area contributed by atoms with Gasteiger partial charge in [0, 0.05) is 75.2 Å². The molecule has 246 valence electrons. The number of aliphatic hydroxyl groups excluding tert-OH is 1. The van der Waals surface area contributed by atoms with E-state index in [0.29, 0.717) is 74.1 Å². The monoisotopic (exact) mass is 646 g/mol. The van der Waals surface area contributed by atoms with Crippen LogP contribution in [0.5, 0.6) is 5.75 Å². The molecule has 0 spiro atoms. The summed E-state index contributed by atoms with van der Waals surface area (Å²) in [6, 6.07) is 8.14. The maximum absolute atomic E-state index is 15.1. The van der Waals surface area contributed by atoms with Crippen LogP contribution in [-0.2, 0) is 4.79 Å². The second-order valence-electron chi connectivity index (χ2n) is 11.5. The van der Waals surface area contributed by atoms with Gasteiger partial charge in [-0.3, -0.25) is 19.0 Å². The van der Waals surface area contributed by atoms with Crippen molar-refractivity contribution in [2.75, 3.05) is 58.2 Å². The maximum atomic E-state index is 15.1. The smallest absolute Gasteiger partial charge is 0.254 e. The Morgan fingerprint density at radius 3 is 2.66 bits per heavy atom. The lowest BCUT2D eigenvalue weighted by molar-refractivity contribution is -0.141. The number of β-amino-alcohol motifs (C(OH)–C–C–N with tert-alkyl or cyclic N) is 1. The molecule has 2 aliphatic rings. The number of hydrogen-bond acceptors (Lipinski definition) is 9. The molecule has 6 rings (SSSR count). The molecule has 2 aliphatic heterocycles. The molecule has 12 nitrogen and oxygen atoms in total. The van der Waals surface area contributed by atoms with Gasteiger partial charge < -0.3 is 30.3 Å².